The molecule has 2 aromatic heterocycles. The molecule has 1 fully saturated rings. The van der Waals surface area contributed by atoms with Crippen LogP contribution in [0.3, 0.4) is 0 Å². The van der Waals surface area contributed by atoms with Gasteiger partial charge in [0.1, 0.15) is 12.1 Å². The Bertz CT molecular complexity index is 627. The first-order chi connectivity index (χ1) is 10.3. The van der Waals surface area contributed by atoms with Crippen molar-refractivity contribution in [3.05, 3.63) is 29.7 Å². The lowest BCUT2D eigenvalue weighted by Crippen LogP contribution is -2.47. The van der Waals surface area contributed by atoms with Crippen LogP contribution in [0.25, 0.3) is 0 Å². The van der Waals surface area contributed by atoms with Crippen molar-refractivity contribution >= 4 is 18.0 Å². The molecule has 7 nitrogen and oxygen atoms in total. The summed E-state index contributed by atoms with van der Waals surface area (Å²) in [5, 5.41) is 4.36. The molecule has 0 aromatic carbocycles. The average Bonchev–Trinajstić information content (AvgIpc) is 2.89. The summed E-state index contributed by atoms with van der Waals surface area (Å²) in [6.45, 7) is 7.51. The Hall–Kier alpha value is -1.80. The van der Waals surface area contributed by atoms with Crippen LogP contribution in [-0.2, 0) is 13.2 Å². The molecular weight excluding hydrogens is 286 g/mol. The van der Waals surface area contributed by atoms with Crippen LogP contribution < -0.4 is 4.90 Å². The van der Waals surface area contributed by atoms with Crippen LogP contribution in [-0.4, -0.2) is 55.4 Å². The van der Waals surface area contributed by atoms with Gasteiger partial charge in [0.15, 0.2) is 4.77 Å². The maximum absolute atomic E-state index is 5.40. The van der Waals surface area contributed by atoms with Crippen molar-refractivity contribution in [1.82, 2.24) is 29.2 Å². The summed E-state index contributed by atoms with van der Waals surface area (Å²) < 4.78 is 4.65. The van der Waals surface area contributed by atoms with Gasteiger partial charge < -0.3 is 9.47 Å². The van der Waals surface area contributed by atoms with Crippen molar-refractivity contribution in [2.24, 2.45) is 0 Å². The van der Waals surface area contributed by atoms with Gasteiger partial charge in [-0.1, -0.05) is 0 Å². The van der Waals surface area contributed by atoms with Crippen molar-refractivity contribution < 1.29 is 0 Å². The molecule has 0 saturated carbocycles. The quantitative estimate of drug-likeness (QED) is 0.786. The second-order valence-corrected chi connectivity index (χ2v) is 5.37. The van der Waals surface area contributed by atoms with Crippen molar-refractivity contribution in [3.8, 4) is 0 Å². The molecular formula is C13H19N7S. The molecule has 8 heteroatoms. The standard InChI is InChI=1S/C13H19N7S/c1-2-18-10-16-20(13(18)21)11-17-5-7-19(8-6-17)12-9-14-3-4-15-12/h3-4,9-10H,2,5-8,11H2,1H3. The van der Waals surface area contributed by atoms with Gasteiger partial charge in [0.25, 0.3) is 0 Å². The fourth-order valence-corrected chi connectivity index (χ4v) is 2.73. The minimum absolute atomic E-state index is 0.750. The van der Waals surface area contributed by atoms with E-state index in [1.807, 2.05) is 15.4 Å². The van der Waals surface area contributed by atoms with Crippen molar-refractivity contribution in [1.29, 1.82) is 0 Å². The van der Waals surface area contributed by atoms with Gasteiger partial charge in [0.2, 0.25) is 0 Å². The fraction of sp³-hybridized carbons (Fsp3) is 0.538. The lowest BCUT2D eigenvalue weighted by Gasteiger charge is -2.34. The van der Waals surface area contributed by atoms with Crippen LogP contribution in [0, 0.1) is 4.77 Å². The van der Waals surface area contributed by atoms with Crippen LogP contribution in [0.4, 0.5) is 5.82 Å². The predicted octanol–water partition coefficient (Wildman–Crippen LogP) is 1.00. The number of piperazine rings is 1. The Morgan fingerprint density at radius 3 is 2.62 bits per heavy atom. The van der Waals surface area contributed by atoms with Gasteiger partial charge in [-0.15, -0.1) is 0 Å². The number of aryl methyl sites for hydroxylation is 1. The molecule has 3 rings (SSSR count). The van der Waals surface area contributed by atoms with Gasteiger partial charge in [-0.3, -0.25) is 9.88 Å². The number of aromatic nitrogens is 5. The summed E-state index contributed by atoms with van der Waals surface area (Å²) in [5.41, 5.74) is 0. The predicted molar refractivity (Wildman–Crippen MR) is 82.5 cm³/mol. The SMILES string of the molecule is CCn1cnn(CN2CCN(c3cnccn3)CC2)c1=S. The third-order valence-electron chi connectivity index (χ3n) is 3.72. The van der Waals surface area contributed by atoms with Gasteiger partial charge in [-0.05, 0) is 19.1 Å². The molecule has 112 valence electrons. The Labute approximate surface area is 128 Å². The monoisotopic (exact) mass is 305 g/mol. The maximum atomic E-state index is 5.40. The fourth-order valence-electron chi connectivity index (χ4n) is 2.45. The molecule has 0 unspecified atom stereocenters. The average molecular weight is 305 g/mol. The van der Waals surface area contributed by atoms with Crippen molar-refractivity contribution in [3.63, 3.8) is 0 Å². The van der Waals surface area contributed by atoms with Gasteiger partial charge in [0, 0.05) is 45.1 Å². The van der Waals surface area contributed by atoms with E-state index in [0.29, 0.717) is 0 Å². The molecule has 1 aliphatic rings. The zero-order chi connectivity index (χ0) is 14.7. The highest BCUT2D eigenvalue weighted by Crippen LogP contribution is 2.11. The topological polar surface area (TPSA) is 55.0 Å². The Balaban J connectivity index is 1.59. The Kier molecular flexibility index (Phi) is 4.26. The highest BCUT2D eigenvalue weighted by Gasteiger charge is 2.18. The summed E-state index contributed by atoms with van der Waals surface area (Å²) in [5.74, 6) is 0.948. The molecule has 1 aliphatic heterocycles. The minimum Gasteiger partial charge on any atom is -0.353 e. The lowest BCUT2D eigenvalue weighted by atomic mass is 10.3. The highest BCUT2D eigenvalue weighted by atomic mass is 32.1. The number of hydrogen-bond acceptors (Lipinski definition) is 6. The van der Waals surface area contributed by atoms with Crippen LogP contribution in [0.15, 0.2) is 24.9 Å². The first kappa shape index (κ1) is 14.2. The lowest BCUT2D eigenvalue weighted by molar-refractivity contribution is 0.193. The normalized spacial score (nSPS) is 16.3. The maximum Gasteiger partial charge on any atom is 0.198 e. The van der Waals surface area contributed by atoms with Gasteiger partial charge in [0.05, 0.1) is 12.9 Å². The molecule has 0 radical (unpaired) electrons. The van der Waals surface area contributed by atoms with E-state index in [-0.39, 0.29) is 0 Å². The molecule has 3 heterocycles. The van der Waals surface area contributed by atoms with Gasteiger partial charge >= 0.3 is 0 Å². The van der Waals surface area contributed by atoms with Gasteiger partial charge in [-0.2, -0.15) is 5.10 Å². The number of anilines is 1. The van der Waals surface area contributed by atoms with Crippen LogP contribution in [0.2, 0.25) is 0 Å². The minimum atomic E-state index is 0.750. The largest absolute Gasteiger partial charge is 0.353 e. The summed E-state index contributed by atoms with van der Waals surface area (Å²) >= 11 is 5.40. The van der Waals surface area contributed by atoms with E-state index in [1.54, 1.807) is 18.7 Å². The molecule has 0 amide bonds. The molecule has 2 aromatic rings. The smallest absolute Gasteiger partial charge is 0.198 e. The van der Waals surface area contributed by atoms with Crippen LogP contribution >= 0.6 is 12.2 Å². The van der Waals surface area contributed by atoms with Crippen molar-refractivity contribution in [2.45, 2.75) is 20.1 Å². The van der Waals surface area contributed by atoms with Gasteiger partial charge in [-0.25, -0.2) is 9.67 Å². The van der Waals surface area contributed by atoms with E-state index in [0.717, 1.165) is 50.0 Å². The molecule has 0 N–H and O–H groups in total. The zero-order valence-corrected chi connectivity index (χ0v) is 12.9. The number of nitrogens with zero attached hydrogens (tertiary/aromatic N) is 7. The third kappa shape index (κ3) is 3.11. The van der Waals surface area contributed by atoms with E-state index >= 15 is 0 Å². The summed E-state index contributed by atoms with van der Waals surface area (Å²) in [7, 11) is 0. The molecule has 21 heavy (non-hydrogen) atoms. The molecule has 0 bridgehead atoms. The summed E-state index contributed by atoms with van der Waals surface area (Å²) in [6.07, 6.45) is 7.05. The zero-order valence-electron chi connectivity index (χ0n) is 12.1. The Morgan fingerprint density at radius 2 is 2.00 bits per heavy atom. The first-order valence-electron chi connectivity index (χ1n) is 7.13. The second-order valence-electron chi connectivity index (χ2n) is 5.01. The second kappa shape index (κ2) is 6.31. The van der Waals surface area contributed by atoms with E-state index in [1.165, 1.54) is 0 Å². The molecule has 0 atom stereocenters. The third-order valence-corrected chi connectivity index (χ3v) is 4.16. The van der Waals surface area contributed by atoms with E-state index in [4.69, 9.17) is 12.2 Å². The van der Waals surface area contributed by atoms with E-state index in [9.17, 15) is 0 Å². The van der Waals surface area contributed by atoms with Crippen LogP contribution in [0.5, 0.6) is 0 Å². The molecule has 1 saturated heterocycles. The Morgan fingerprint density at radius 1 is 1.19 bits per heavy atom. The molecule has 0 spiro atoms. The summed E-state index contributed by atoms with van der Waals surface area (Å²) in [6, 6.07) is 0. The van der Waals surface area contributed by atoms with Crippen LogP contribution in [0.1, 0.15) is 6.92 Å². The highest BCUT2D eigenvalue weighted by molar-refractivity contribution is 7.71. The van der Waals surface area contributed by atoms with Crippen molar-refractivity contribution in [2.75, 3.05) is 31.1 Å². The van der Waals surface area contributed by atoms with E-state index in [2.05, 4.69) is 31.8 Å². The number of hydrogen-bond donors (Lipinski definition) is 0. The van der Waals surface area contributed by atoms with E-state index < -0.39 is 0 Å². The number of rotatable bonds is 4. The molecule has 0 aliphatic carbocycles. The summed E-state index contributed by atoms with van der Waals surface area (Å²) in [4.78, 5) is 13.1. The first-order valence-corrected chi connectivity index (χ1v) is 7.54.